The number of thioether (sulfide) groups is 1. The van der Waals surface area contributed by atoms with Crippen LogP contribution < -0.4 is 0 Å². The van der Waals surface area contributed by atoms with Crippen LogP contribution in [0, 0.1) is 0 Å². The molecule has 0 unspecified atom stereocenters. The number of carbonyl (C=O) groups is 1. The Hall–Kier alpha value is -2.55. The van der Waals surface area contributed by atoms with Gasteiger partial charge >= 0.3 is 5.97 Å². The lowest BCUT2D eigenvalue weighted by atomic mass is 9.98. The van der Waals surface area contributed by atoms with E-state index in [4.69, 9.17) is 15.0 Å². The predicted molar refractivity (Wildman–Crippen MR) is 103 cm³/mol. The molecular formula is C19H19N3O5S. The number of carboxylic acid groups (broad SMARTS) is 1. The summed E-state index contributed by atoms with van der Waals surface area (Å²) in [6.45, 7) is 0.134. The van der Waals surface area contributed by atoms with Gasteiger partial charge in [0.05, 0.1) is 12.7 Å². The molecule has 0 saturated carbocycles. The minimum atomic E-state index is -1.49. The van der Waals surface area contributed by atoms with Crippen LogP contribution in [0.15, 0.2) is 70.7 Å². The summed E-state index contributed by atoms with van der Waals surface area (Å²) in [5.41, 5.74) is 9.02. The highest BCUT2D eigenvalue weighted by molar-refractivity contribution is 7.99. The van der Waals surface area contributed by atoms with Gasteiger partial charge in [0.15, 0.2) is 6.10 Å². The molecule has 1 fully saturated rings. The van der Waals surface area contributed by atoms with Gasteiger partial charge in [0, 0.05) is 9.81 Å². The number of benzene rings is 2. The van der Waals surface area contributed by atoms with Crippen molar-refractivity contribution in [1.82, 2.24) is 0 Å². The van der Waals surface area contributed by atoms with Crippen molar-refractivity contribution in [3.05, 3.63) is 76.7 Å². The second-order valence-electron chi connectivity index (χ2n) is 6.14. The van der Waals surface area contributed by atoms with Crippen molar-refractivity contribution in [2.45, 2.75) is 41.3 Å². The van der Waals surface area contributed by atoms with Gasteiger partial charge in [-0.3, -0.25) is 0 Å². The van der Waals surface area contributed by atoms with Crippen LogP contribution in [-0.2, 0) is 20.9 Å². The molecule has 0 radical (unpaired) electrons. The van der Waals surface area contributed by atoms with Crippen LogP contribution in [0.2, 0.25) is 0 Å². The van der Waals surface area contributed by atoms with Gasteiger partial charge in [0.2, 0.25) is 0 Å². The van der Waals surface area contributed by atoms with E-state index in [9.17, 15) is 15.0 Å². The number of ether oxygens (including phenoxy) is 2. The van der Waals surface area contributed by atoms with Crippen molar-refractivity contribution < 1.29 is 24.5 Å². The van der Waals surface area contributed by atoms with Crippen LogP contribution in [0.5, 0.6) is 0 Å². The number of aliphatic hydroxyl groups is 1. The van der Waals surface area contributed by atoms with Crippen LogP contribution in [0.1, 0.15) is 5.56 Å². The first-order valence-corrected chi connectivity index (χ1v) is 9.46. The Morgan fingerprint density at radius 3 is 2.43 bits per heavy atom. The van der Waals surface area contributed by atoms with Crippen LogP contribution in [0.4, 0.5) is 0 Å². The van der Waals surface area contributed by atoms with Crippen molar-refractivity contribution in [3.8, 4) is 0 Å². The molecule has 28 heavy (non-hydrogen) atoms. The molecule has 9 heteroatoms. The van der Waals surface area contributed by atoms with Gasteiger partial charge in [-0.1, -0.05) is 65.4 Å². The topological polar surface area (TPSA) is 125 Å². The number of hydrogen-bond acceptors (Lipinski definition) is 6. The van der Waals surface area contributed by atoms with Gasteiger partial charge < -0.3 is 19.7 Å². The second kappa shape index (κ2) is 9.59. The molecule has 1 aliphatic rings. The van der Waals surface area contributed by atoms with Gasteiger partial charge in [0.25, 0.3) is 0 Å². The Morgan fingerprint density at radius 2 is 1.82 bits per heavy atom. The minimum Gasteiger partial charge on any atom is -0.479 e. The second-order valence-corrected chi connectivity index (χ2v) is 7.31. The van der Waals surface area contributed by atoms with E-state index in [-0.39, 0.29) is 6.61 Å². The van der Waals surface area contributed by atoms with Crippen LogP contribution >= 0.6 is 11.8 Å². The van der Waals surface area contributed by atoms with Gasteiger partial charge in [0.1, 0.15) is 17.6 Å². The molecule has 2 aromatic rings. The quantitative estimate of drug-likeness (QED) is 0.417. The molecule has 8 nitrogen and oxygen atoms in total. The van der Waals surface area contributed by atoms with Crippen molar-refractivity contribution in [1.29, 1.82) is 0 Å². The maximum absolute atomic E-state index is 11.6. The molecule has 146 valence electrons. The average Bonchev–Trinajstić information content (AvgIpc) is 2.71. The minimum absolute atomic E-state index is 0.134. The molecule has 2 aromatic carbocycles. The smallest absolute Gasteiger partial charge is 0.335 e. The third-order valence-electron chi connectivity index (χ3n) is 4.25. The summed E-state index contributed by atoms with van der Waals surface area (Å²) in [5, 5.41) is 23.7. The average molecular weight is 401 g/mol. The van der Waals surface area contributed by atoms with E-state index in [0.717, 1.165) is 10.5 Å². The fourth-order valence-electron chi connectivity index (χ4n) is 2.91. The van der Waals surface area contributed by atoms with E-state index in [1.165, 1.54) is 11.8 Å². The van der Waals surface area contributed by atoms with Crippen molar-refractivity contribution >= 4 is 17.7 Å². The molecule has 1 heterocycles. The molecule has 0 amide bonds. The summed E-state index contributed by atoms with van der Waals surface area (Å²) < 4.78 is 11.4. The predicted octanol–water partition coefficient (Wildman–Crippen LogP) is 3.21. The zero-order valence-electron chi connectivity index (χ0n) is 14.7. The molecule has 0 spiro atoms. The Balaban J connectivity index is 1.86. The Labute approximate surface area is 165 Å². The lowest BCUT2D eigenvalue weighted by Crippen LogP contribution is -2.59. The largest absolute Gasteiger partial charge is 0.479 e. The fourth-order valence-corrected chi connectivity index (χ4v) is 4.02. The van der Waals surface area contributed by atoms with Crippen molar-refractivity contribution in [3.63, 3.8) is 0 Å². The first kappa shape index (κ1) is 20.2. The molecule has 3 rings (SSSR count). The molecule has 1 aliphatic heterocycles. The van der Waals surface area contributed by atoms with Gasteiger partial charge in [-0.2, -0.15) is 0 Å². The van der Waals surface area contributed by atoms with Crippen LogP contribution in [0.25, 0.3) is 10.4 Å². The van der Waals surface area contributed by atoms with E-state index in [0.29, 0.717) is 0 Å². The Morgan fingerprint density at radius 1 is 1.18 bits per heavy atom. The summed E-state index contributed by atoms with van der Waals surface area (Å²) >= 11 is 1.22. The van der Waals surface area contributed by atoms with Crippen LogP contribution in [0.3, 0.4) is 0 Å². The molecular weight excluding hydrogens is 382 g/mol. The van der Waals surface area contributed by atoms with E-state index in [1.54, 1.807) is 0 Å². The third kappa shape index (κ3) is 4.83. The third-order valence-corrected chi connectivity index (χ3v) is 5.42. The summed E-state index contributed by atoms with van der Waals surface area (Å²) in [7, 11) is 0. The highest BCUT2D eigenvalue weighted by atomic mass is 32.2. The number of carboxylic acids is 1. The normalized spacial score (nSPS) is 27.0. The van der Waals surface area contributed by atoms with Crippen molar-refractivity contribution in [2.75, 3.05) is 0 Å². The van der Waals surface area contributed by atoms with Gasteiger partial charge in [-0.25, -0.2) is 4.79 Å². The monoisotopic (exact) mass is 401 g/mol. The number of hydrogen-bond donors (Lipinski definition) is 2. The van der Waals surface area contributed by atoms with Crippen molar-refractivity contribution in [2.24, 2.45) is 5.11 Å². The standard InChI is InChI=1S/C19H19N3O5S/c20-22-21-14-16(26-11-12-7-3-1-4-8-12)15(23)17(18(24)25)27-19(14)28-13-9-5-2-6-10-13/h1-10,14-17,19,23H,11H2,(H,24,25)/t14-,15-,16+,17-,19+/m0/s1. The van der Waals surface area contributed by atoms with E-state index < -0.39 is 35.8 Å². The highest BCUT2D eigenvalue weighted by Crippen LogP contribution is 2.36. The molecule has 0 aromatic heterocycles. The van der Waals surface area contributed by atoms with E-state index in [2.05, 4.69) is 10.0 Å². The van der Waals surface area contributed by atoms with Crippen LogP contribution in [-0.4, -0.2) is 46.0 Å². The zero-order valence-corrected chi connectivity index (χ0v) is 15.6. The lowest BCUT2D eigenvalue weighted by molar-refractivity contribution is -0.195. The highest BCUT2D eigenvalue weighted by Gasteiger charge is 2.49. The summed E-state index contributed by atoms with van der Waals surface area (Å²) in [4.78, 5) is 15.3. The lowest BCUT2D eigenvalue weighted by Gasteiger charge is -2.41. The Kier molecular flexibility index (Phi) is 6.91. The molecule has 1 saturated heterocycles. The molecule has 0 bridgehead atoms. The maximum atomic E-state index is 11.6. The molecule has 2 N–H and O–H groups in total. The summed E-state index contributed by atoms with van der Waals surface area (Å²) in [5.74, 6) is -1.31. The summed E-state index contributed by atoms with van der Waals surface area (Å²) in [6, 6.07) is 17.5. The molecule has 0 aliphatic carbocycles. The van der Waals surface area contributed by atoms with Gasteiger partial charge in [-0.05, 0) is 23.2 Å². The first-order chi connectivity index (χ1) is 13.6. The number of azide groups is 1. The fraction of sp³-hybridized carbons (Fsp3) is 0.316. The van der Waals surface area contributed by atoms with E-state index in [1.807, 2.05) is 60.7 Å². The number of nitrogens with zero attached hydrogens (tertiary/aromatic N) is 3. The number of rotatable bonds is 7. The maximum Gasteiger partial charge on any atom is 0.335 e. The van der Waals surface area contributed by atoms with Gasteiger partial charge in [-0.15, -0.1) is 0 Å². The zero-order chi connectivity index (χ0) is 19.9. The SMILES string of the molecule is [N-]=[N+]=N[C@H]1[C@@H](OCc2ccccc2)[C@H](O)[C@@H](C(=O)O)O[C@@H]1Sc1ccccc1. The number of aliphatic carboxylic acids is 1. The van der Waals surface area contributed by atoms with E-state index >= 15 is 0 Å². The Bertz CT molecular complexity index is 832. The number of aliphatic hydroxyl groups excluding tert-OH is 1. The molecule has 5 atom stereocenters. The first-order valence-electron chi connectivity index (χ1n) is 8.58. The summed E-state index contributed by atoms with van der Waals surface area (Å²) in [6.07, 6.45) is -4.01.